The predicted octanol–water partition coefficient (Wildman–Crippen LogP) is 3.38. The number of carbonyl (C=O) groups is 1. The first-order valence-corrected chi connectivity index (χ1v) is 10.8. The van der Waals surface area contributed by atoms with Gasteiger partial charge in [0.15, 0.2) is 11.5 Å². The number of rotatable bonds is 5. The highest BCUT2D eigenvalue weighted by atomic mass is 32.2. The third-order valence-electron chi connectivity index (χ3n) is 4.47. The van der Waals surface area contributed by atoms with Gasteiger partial charge in [0.05, 0.1) is 16.5 Å². The fourth-order valence-electron chi connectivity index (χ4n) is 2.96. The Morgan fingerprint density at radius 3 is 2.35 bits per heavy atom. The number of hydrogen-bond donors (Lipinski definition) is 2. The fourth-order valence-corrected chi connectivity index (χ4v) is 4.03. The third-order valence-corrected chi connectivity index (χ3v) is 5.85. The molecule has 31 heavy (non-hydrogen) atoms. The van der Waals surface area contributed by atoms with Gasteiger partial charge in [-0.2, -0.15) is 5.26 Å². The Balaban J connectivity index is 1.45. The molecule has 0 aliphatic carbocycles. The molecule has 0 unspecified atom stereocenters. The second-order valence-corrected chi connectivity index (χ2v) is 8.32. The molecule has 0 atom stereocenters. The van der Waals surface area contributed by atoms with Gasteiger partial charge in [0, 0.05) is 23.0 Å². The van der Waals surface area contributed by atoms with Crippen LogP contribution in [0.15, 0.2) is 71.6 Å². The van der Waals surface area contributed by atoms with Gasteiger partial charge < -0.3 is 14.8 Å². The highest BCUT2D eigenvalue weighted by molar-refractivity contribution is 7.92. The summed E-state index contributed by atoms with van der Waals surface area (Å²) >= 11 is 0. The number of ether oxygens (including phenoxy) is 2. The van der Waals surface area contributed by atoms with Crippen molar-refractivity contribution in [3.63, 3.8) is 0 Å². The molecule has 9 heteroatoms. The van der Waals surface area contributed by atoms with Crippen molar-refractivity contribution in [3.05, 3.63) is 77.9 Å². The Labute approximate surface area is 179 Å². The number of nitrogens with zero attached hydrogens (tertiary/aromatic N) is 1. The monoisotopic (exact) mass is 435 g/mol. The number of fused-ring (bicyclic) bond motifs is 1. The Morgan fingerprint density at radius 2 is 1.61 bits per heavy atom. The summed E-state index contributed by atoms with van der Waals surface area (Å²) in [5.74, 6) is 0.514. The van der Waals surface area contributed by atoms with Crippen LogP contribution in [-0.2, 0) is 10.0 Å². The van der Waals surface area contributed by atoms with Crippen LogP contribution < -0.4 is 19.5 Å². The average Bonchev–Trinajstić information content (AvgIpc) is 2.80. The van der Waals surface area contributed by atoms with Gasteiger partial charge in [0.25, 0.3) is 15.9 Å². The van der Waals surface area contributed by atoms with Gasteiger partial charge in [-0.3, -0.25) is 9.52 Å². The lowest BCUT2D eigenvalue weighted by Crippen LogP contribution is -2.17. The van der Waals surface area contributed by atoms with Crippen molar-refractivity contribution in [2.75, 3.05) is 23.3 Å². The van der Waals surface area contributed by atoms with Gasteiger partial charge in [-0.1, -0.05) is 6.07 Å². The lowest BCUT2D eigenvalue weighted by Gasteiger charge is -2.19. The van der Waals surface area contributed by atoms with Gasteiger partial charge in [-0.25, -0.2) is 8.42 Å². The molecule has 0 saturated heterocycles. The van der Waals surface area contributed by atoms with Gasteiger partial charge in [-0.05, 0) is 54.6 Å². The molecule has 0 spiro atoms. The Hall–Kier alpha value is -4.03. The molecule has 1 aliphatic rings. The molecule has 3 aromatic carbocycles. The van der Waals surface area contributed by atoms with E-state index in [9.17, 15) is 13.2 Å². The highest BCUT2D eigenvalue weighted by Gasteiger charge is 2.19. The van der Waals surface area contributed by atoms with Gasteiger partial charge in [0.1, 0.15) is 13.2 Å². The zero-order chi connectivity index (χ0) is 21.8. The first kappa shape index (κ1) is 20.3. The molecule has 4 rings (SSSR count). The number of carbonyl (C=O) groups excluding carboxylic acids is 1. The summed E-state index contributed by atoms with van der Waals surface area (Å²) in [5, 5.41) is 11.7. The second-order valence-electron chi connectivity index (χ2n) is 6.64. The lowest BCUT2D eigenvalue weighted by molar-refractivity contribution is 0.102. The average molecular weight is 435 g/mol. The van der Waals surface area contributed by atoms with Crippen LogP contribution in [0.2, 0.25) is 0 Å². The highest BCUT2D eigenvalue weighted by Crippen LogP contribution is 2.32. The van der Waals surface area contributed by atoms with Crippen LogP contribution in [0.25, 0.3) is 0 Å². The summed E-state index contributed by atoms with van der Waals surface area (Å²) < 4.78 is 38.7. The standard InChI is InChI=1S/C22H17N3O5S/c23-14-15-2-1-3-16(12-15)22(26)24-17-4-6-18(7-5-17)25-31(27,28)19-8-9-20-21(13-19)30-11-10-29-20/h1-9,12-13,25H,10-11H2,(H,24,26). The first-order valence-electron chi connectivity index (χ1n) is 9.29. The maximum atomic E-state index is 12.7. The number of amides is 1. The maximum Gasteiger partial charge on any atom is 0.262 e. The summed E-state index contributed by atoms with van der Waals surface area (Å²) in [6, 6.07) is 19.0. The molecule has 1 amide bonds. The molecular weight excluding hydrogens is 418 g/mol. The fraction of sp³-hybridized carbons (Fsp3) is 0.0909. The maximum absolute atomic E-state index is 12.7. The largest absolute Gasteiger partial charge is 0.486 e. The van der Waals surface area contributed by atoms with Crippen LogP contribution >= 0.6 is 0 Å². The van der Waals surface area contributed by atoms with E-state index in [1.165, 1.54) is 30.3 Å². The van der Waals surface area contributed by atoms with Crippen molar-refractivity contribution in [2.24, 2.45) is 0 Å². The number of nitrogens with one attached hydrogen (secondary N) is 2. The molecular formula is C22H17N3O5S. The molecule has 8 nitrogen and oxygen atoms in total. The minimum atomic E-state index is -3.84. The van der Waals surface area contributed by atoms with Crippen molar-refractivity contribution in [3.8, 4) is 17.6 Å². The minimum Gasteiger partial charge on any atom is -0.486 e. The molecule has 156 valence electrons. The Morgan fingerprint density at radius 1 is 0.903 bits per heavy atom. The van der Waals surface area contributed by atoms with E-state index >= 15 is 0 Å². The number of benzene rings is 3. The normalized spacial score (nSPS) is 12.5. The van der Waals surface area contributed by atoms with E-state index in [1.807, 2.05) is 6.07 Å². The predicted molar refractivity (Wildman–Crippen MR) is 114 cm³/mol. The van der Waals surface area contributed by atoms with Gasteiger partial charge in [-0.15, -0.1) is 0 Å². The van der Waals surface area contributed by atoms with E-state index in [1.54, 1.807) is 36.4 Å². The van der Waals surface area contributed by atoms with Crippen molar-refractivity contribution in [1.29, 1.82) is 5.26 Å². The number of anilines is 2. The van der Waals surface area contributed by atoms with Crippen LogP contribution in [0.3, 0.4) is 0 Å². The van der Waals surface area contributed by atoms with Gasteiger partial charge >= 0.3 is 0 Å². The van der Waals surface area contributed by atoms with Crippen molar-refractivity contribution >= 4 is 27.3 Å². The summed E-state index contributed by atoms with van der Waals surface area (Å²) in [5.41, 5.74) is 1.55. The third kappa shape index (κ3) is 4.60. The molecule has 0 bridgehead atoms. The Bertz CT molecular complexity index is 1280. The minimum absolute atomic E-state index is 0.0477. The molecule has 3 aromatic rings. The smallest absolute Gasteiger partial charge is 0.262 e. The van der Waals surface area contributed by atoms with E-state index in [0.717, 1.165) is 0 Å². The number of sulfonamides is 1. The zero-order valence-electron chi connectivity index (χ0n) is 16.2. The van der Waals surface area contributed by atoms with Crippen LogP contribution in [0.4, 0.5) is 11.4 Å². The summed E-state index contributed by atoms with van der Waals surface area (Å²) in [7, 11) is -3.84. The van der Waals surface area contributed by atoms with Crippen LogP contribution in [0.5, 0.6) is 11.5 Å². The van der Waals surface area contributed by atoms with Gasteiger partial charge in [0.2, 0.25) is 0 Å². The Kier molecular flexibility index (Phi) is 5.47. The SMILES string of the molecule is N#Cc1cccc(C(=O)Nc2ccc(NS(=O)(=O)c3ccc4c(c3)OCCO4)cc2)c1. The van der Waals surface area contributed by atoms with E-state index < -0.39 is 10.0 Å². The second kappa shape index (κ2) is 8.38. The van der Waals surface area contributed by atoms with E-state index in [0.29, 0.717) is 47.2 Å². The topological polar surface area (TPSA) is 118 Å². The van der Waals surface area contributed by atoms with Crippen LogP contribution in [0.1, 0.15) is 15.9 Å². The molecule has 1 heterocycles. The van der Waals surface area contributed by atoms with Crippen molar-refractivity contribution in [1.82, 2.24) is 0 Å². The van der Waals surface area contributed by atoms with Crippen LogP contribution in [-0.4, -0.2) is 27.5 Å². The van der Waals surface area contributed by atoms with Crippen molar-refractivity contribution < 1.29 is 22.7 Å². The molecule has 0 aromatic heterocycles. The summed E-state index contributed by atoms with van der Waals surface area (Å²) in [4.78, 5) is 12.4. The molecule has 2 N–H and O–H groups in total. The van der Waals surface area contributed by atoms with E-state index in [2.05, 4.69) is 10.0 Å². The van der Waals surface area contributed by atoms with Crippen molar-refractivity contribution in [2.45, 2.75) is 4.90 Å². The first-order chi connectivity index (χ1) is 14.9. The number of hydrogen-bond acceptors (Lipinski definition) is 6. The molecule has 0 fully saturated rings. The quantitative estimate of drug-likeness (QED) is 0.634. The summed E-state index contributed by atoms with van der Waals surface area (Å²) in [6.07, 6.45) is 0. The molecule has 0 saturated carbocycles. The van der Waals surface area contributed by atoms with E-state index in [-0.39, 0.29) is 10.8 Å². The van der Waals surface area contributed by atoms with E-state index in [4.69, 9.17) is 14.7 Å². The summed E-state index contributed by atoms with van der Waals surface area (Å²) in [6.45, 7) is 0.780. The zero-order valence-corrected chi connectivity index (χ0v) is 17.0. The lowest BCUT2D eigenvalue weighted by atomic mass is 10.1. The molecule has 1 aliphatic heterocycles. The van der Waals surface area contributed by atoms with Crippen LogP contribution in [0, 0.1) is 11.3 Å². The number of nitriles is 1. The molecule has 0 radical (unpaired) electrons.